The average Bonchev–Trinajstić information content (AvgIpc) is 2.93. The molecule has 1 N–H and O–H groups in total. The van der Waals surface area contributed by atoms with Crippen LogP contribution in [-0.4, -0.2) is 24.1 Å². The quantitative estimate of drug-likeness (QED) is 0.478. The molecule has 1 atom stereocenters. The highest BCUT2D eigenvalue weighted by molar-refractivity contribution is 5.35. The zero-order valence-corrected chi connectivity index (χ0v) is 10.7. The average molecular weight is 250 g/mol. The van der Waals surface area contributed by atoms with Gasteiger partial charge in [0, 0.05) is 24.7 Å². The first-order chi connectivity index (χ1) is 8.49. The summed E-state index contributed by atoms with van der Waals surface area (Å²) in [6.45, 7) is 5.85. The van der Waals surface area contributed by atoms with Gasteiger partial charge in [-0.3, -0.25) is 10.1 Å². The van der Waals surface area contributed by atoms with Crippen molar-refractivity contribution in [2.24, 2.45) is 5.41 Å². The topological polar surface area (TPSA) is 64.4 Å². The van der Waals surface area contributed by atoms with Gasteiger partial charge in [-0.05, 0) is 24.0 Å². The van der Waals surface area contributed by atoms with E-state index in [1.54, 1.807) is 12.1 Å². The maximum absolute atomic E-state index is 10.5. The Bertz CT molecular complexity index is 428. The summed E-state index contributed by atoms with van der Waals surface area (Å²) in [5.41, 5.74) is 0.507. The van der Waals surface area contributed by atoms with Gasteiger partial charge in [-0.15, -0.1) is 0 Å². The van der Waals surface area contributed by atoms with Crippen LogP contribution in [0.5, 0.6) is 5.75 Å². The minimum absolute atomic E-state index is 0.0835. The predicted octanol–water partition coefficient (Wildman–Crippen LogP) is 2.36. The van der Waals surface area contributed by atoms with Crippen LogP contribution < -0.4 is 10.1 Å². The van der Waals surface area contributed by atoms with E-state index < -0.39 is 4.92 Å². The number of ether oxygens (including phenoxy) is 1. The fraction of sp³-hybridized carbons (Fsp3) is 0.538. The van der Waals surface area contributed by atoms with Crippen LogP contribution >= 0.6 is 0 Å². The molecule has 1 aromatic carbocycles. The molecule has 0 saturated heterocycles. The molecular weight excluding hydrogens is 232 g/mol. The molecule has 1 fully saturated rings. The smallest absolute Gasteiger partial charge is 0.269 e. The molecule has 0 spiro atoms. The fourth-order valence-electron chi connectivity index (χ4n) is 1.88. The summed E-state index contributed by atoms with van der Waals surface area (Å²) < 4.78 is 5.50. The summed E-state index contributed by atoms with van der Waals surface area (Å²) in [7, 11) is 0. The maximum Gasteiger partial charge on any atom is 0.269 e. The van der Waals surface area contributed by atoms with Gasteiger partial charge < -0.3 is 10.1 Å². The third-order valence-electron chi connectivity index (χ3n) is 3.32. The number of hydrogen-bond donors (Lipinski definition) is 1. The van der Waals surface area contributed by atoms with Crippen LogP contribution in [0.2, 0.25) is 0 Å². The number of non-ortho nitro benzene ring substituents is 1. The molecule has 0 bridgehead atoms. The highest BCUT2D eigenvalue weighted by Gasteiger charge is 2.44. The largest absolute Gasteiger partial charge is 0.492 e. The lowest BCUT2D eigenvalue weighted by molar-refractivity contribution is -0.384. The zero-order chi connectivity index (χ0) is 13.2. The first kappa shape index (κ1) is 12.8. The lowest BCUT2D eigenvalue weighted by Crippen LogP contribution is -2.25. The van der Waals surface area contributed by atoms with Crippen molar-refractivity contribution in [3.8, 4) is 5.75 Å². The van der Waals surface area contributed by atoms with Crippen molar-refractivity contribution < 1.29 is 9.66 Å². The van der Waals surface area contributed by atoms with Crippen molar-refractivity contribution >= 4 is 5.69 Å². The molecule has 1 saturated carbocycles. The lowest BCUT2D eigenvalue weighted by atomic mass is 10.2. The number of hydrogen-bond acceptors (Lipinski definition) is 4. The number of nitro groups is 1. The first-order valence-corrected chi connectivity index (χ1v) is 6.10. The van der Waals surface area contributed by atoms with Crippen molar-refractivity contribution in [1.82, 2.24) is 5.32 Å². The monoisotopic (exact) mass is 250 g/mol. The van der Waals surface area contributed by atoms with E-state index >= 15 is 0 Å². The Morgan fingerprint density at radius 2 is 2.06 bits per heavy atom. The molecule has 1 unspecified atom stereocenters. The molecule has 0 radical (unpaired) electrons. The molecule has 5 nitrogen and oxygen atoms in total. The van der Waals surface area contributed by atoms with Crippen LogP contribution in [0.3, 0.4) is 0 Å². The van der Waals surface area contributed by atoms with E-state index in [0.29, 0.717) is 23.8 Å². The molecular formula is C13H18N2O3. The highest BCUT2D eigenvalue weighted by atomic mass is 16.6. The molecule has 1 aromatic rings. The van der Waals surface area contributed by atoms with E-state index in [9.17, 15) is 10.1 Å². The second-order valence-electron chi connectivity index (χ2n) is 5.30. The number of nitrogens with one attached hydrogen (secondary N) is 1. The van der Waals surface area contributed by atoms with Crippen LogP contribution in [0.25, 0.3) is 0 Å². The Balaban J connectivity index is 1.69. The minimum Gasteiger partial charge on any atom is -0.492 e. The van der Waals surface area contributed by atoms with Crippen LogP contribution in [-0.2, 0) is 0 Å². The van der Waals surface area contributed by atoms with Crippen molar-refractivity contribution in [2.75, 3.05) is 13.2 Å². The third kappa shape index (κ3) is 3.20. The van der Waals surface area contributed by atoms with Gasteiger partial charge in [-0.25, -0.2) is 0 Å². The van der Waals surface area contributed by atoms with Crippen molar-refractivity contribution in [3.05, 3.63) is 34.4 Å². The normalized spacial score (nSPS) is 20.4. The maximum atomic E-state index is 10.5. The van der Waals surface area contributed by atoms with Crippen LogP contribution in [0, 0.1) is 15.5 Å². The first-order valence-electron chi connectivity index (χ1n) is 6.10. The molecule has 0 aliphatic heterocycles. The second kappa shape index (κ2) is 4.94. The van der Waals surface area contributed by atoms with E-state index in [1.165, 1.54) is 18.6 Å². The summed E-state index contributed by atoms with van der Waals surface area (Å²) in [5.74, 6) is 0.664. The van der Waals surface area contributed by atoms with Gasteiger partial charge in [0.15, 0.2) is 0 Å². The van der Waals surface area contributed by atoms with Gasteiger partial charge in [0.05, 0.1) is 4.92 Å². The molecule has 0 amide bonds. The Labute approximate surface area is 106 Å². The van der Waals surface area contributed by atoms with Gasteiger partial charge >= 0.3 is 0 Å². The molecule has 98 valence electrons. The highest BCUT2D eigenvalue weighted by Crippen LogP contribution is 2.44. The van der Waals surface area contributed by atoms with E-state index in [-0.39, 0.29) is 5.69 Å². The lowest BCUT2D eigenvalue weighted by Gasteiger charge is -2.08. The summed E-state index contributed by atoms with van der Waals surface area (Å²) in [5, 5.41) is 13.9. The number of benzene rings is 1. The van der Waals surface area contributed by atoms with Gasteiger partial charge in [-0.2, -0.15) is 0 Å². The summed E-state index contributed by atoms with van der Waals surface area (Å²) in [6.07, 6.45) is 1.21. The van der Waals surface area contributed by atoms with Crippen LogP contribution in [0.1, 0.15) is 20.3 Å². The van der Waals surface area contributed by atoms with Crippen molar-refractivity contribution in [3.63, 3.8) is 0 Å². The molecule has 1 aliphatic carbocycles. The SMILES string of the molecule is CC1(C)CC1NCCOc1ccc([N+](=O)[O-])cc1. The molecule has 2 rings (SSSR count). The summed E-state index contributed by atoms with van der Waals surface area (Å²) >= 11 is 0. The van der Waals surface area contributed by atoms with Gasteiger partial charge in [0.1, 0.15) is 12.4 Å². The molecule has 5 heteroatoms. The van der Waals surface area contributed by atoms with Crippen LogP contribution in [0.4, 0.5) is 5.69 Å². The third-order valence-corrected chi connectivity index (χ3v) is 3.32. The molecule has 0 aromatic heterocycles. The Hall–Kier alpha value is -1.62. The molecule has 0 heterocycles. The molecule has 18 heavy (non-hydrogen) atoms. The number of rotatable bonds is 6. The fourth-order valence-corrected chi connectivity index (χ4v) is 1.88. The summed E-state index contributed by atoms with van der Waals surface area (Å²) in [4.78, 5) is 10.1. The van der Waals surface area contributed by atoms with Gasteiger partial charge in [0.25, 0.3) is 5.69 Å². The van der Waals surface area contributed by atoms with Gasteiger partial charge in [0.2, 0.25) is 0 Å². The van der Waals surface area contributed by atoms with E-state index in [1.807, 2.05) is 0 Å². The number of nitro benzene ring substituents is 1. The van der Waals surface area contributed by atoms with E-state index in [0.717, 1.165) is 6.54 Å². The van der Waals surface area contributed by atoms with Gasteiger partial charge in [-0.1, -0.05) is 13.8 Å². The number of nitrogens with zero attached hydrogens (tertiary/aromatic N) is 1. The Kier molecular flexibility index (Phi) is 3.52. The summed E-state index contributed by atoms with van der Waals surface area (Å²) in [6, 6.07) is 6.75. The van der Waals surface area contributed by atoms with Crippen LogP contribution in [0.15, 0.2) is 24.3 Å². The standard InChI is InChI=1S/C13H18N2O3/c1-13(2)9-12(13)14-7-8-18-11-5-3-10(4-6-11)15(16)17/h3-6,12,14H,7-9H2,1-2H3. The predicted molar refractivity (Wildman–Crippen MR) is 68.8 cm³/mol. The van der Waals surface area contributed by atoms with Crippen molar-refractivity contribution in [2.45, 2.75) is 26.3 Å². The van der Waals surface area contributed by atoms with Crippen molar-refractivity contribution in [1.29, 1.82) is 0 Å². The minimum atomic E-state index is -0.416. The zero-order valence-electron chi connectivity index (χ0n) is 10.7. The van der Waals surface area contributed by atoms with E-state index in [2.05, 4.69) is 19.2 Å². The molecule has 1 aliphatic rings. The Morgan fingerprint density at radius 1 is 1.44 bits per heavy atom. The second-order valence-corrected chi connectivity index (χ2v) is 5.30. The van der Waals surface area contributed by atoms with E-state index in [4.69, 9.17) is 4.74 Å². The Morgan fingerprint density at radius 3 is 2.56 bits per heavy atom.